The summed E-state index contributed by atoms with van der Waals surface area (Å²) in [6.07, 6.45) is 0. The predicted octanol–water partition coefficient (Wildman–Crippen LogP) is 5.59. The van der Waals surface area contributed by atoms with Crippen LogP contribution >= 0.6 is 24.6 Å². The summed E-state index contributed by atoms with van der Waals surface area (Å²) in [5.41, 5.74) is 3.43. The number of carbonyl (C=O) groups is 1. The molecule has 1 heterocycles. The van der Waals surface area contributed by atoms with Crippen LogP contribution in [-0.4, -0.2) is 15.3 Å². The first-order valence-corrected chi connectivity index (χ1v) is 8.50. The van der Waals surface area contributed by atoms with E-state index < -0.39 is 6.04 Å². The summed E-state index contributed by atoms with van der Waals surface area (Å²) >= 11 is 5.55. The third-order valence-electron chi connectivity index (χ3n) is 4.30. The lowest BCUT2D eigenvalue weighted by atomic mass is 9.97. The Morgan fingerprint density at radius 3 is 2.12 bits per heavy atom. The number of nitrogens with one attached hydrogen (secondary N) is 1. The molecule has 0 saturated carbocycles. The summed E-state index contributed by atoms with van der Waals surface area (Å²) < 4.78 is 2.45. The van der Waals surface area contributed by atoms with Gasteiger partial charge in [-0.2, -0.15) is 0 Å². The number of imidazole rings is 1. The monoisotopic (exact) mass is 380 g/mol. The number of fused-ring (bicyclic) bond motifs is 1. The molecule has 5 heteroatoms. The average Bonchev–Trinajstić information content (AvgIpc) is 3.00. The normalized spacial score (nSPS) is 11.7. The number of H-pyrrole nitrogens is 1. The van der Waals surface area contributed by atoms with Crippen LogP contribution in [0.4, 0.5) is 0 Å². The van der Waals surface area contributed by atoms with Crippen molar-refractivity contribution in [2.24, 2.45) is 0 Å². The Morgan fingerprint density at radius 1 is 0.846 bits per heavy atom. The summed E-state index contributed by atoms with van der Waals surface area (Å²) in [6, 6.07) is 26.5. The standard InChI is InChI=1S/C21H16N2OS.ClH/c24-20(16-11-5-2-6-12-16)19(15-9-3-1-4-10-15)23-18-14-8-7-13-17(18)22-21(23)25;/h1-14,19H,(H,22,25);1H. The molecule has 0 aliphatic rings. The van der Waals surface area contributed by atoms with E-state index in [0.29, 0.717) is 10.3 Å². The molecule has 1 atom stereocenters. The van der Waals surface area contributed by atoms with E-state index in [0.717, 1.165) is 16.6 Å². The lowest BCUT2D eigenvalue weighted by Gasteiger charge is -2.19. The third kappa shape index (κ3) is 3.21. The molecule has 0 fully saturated rings. The molecule has 0 bridgehead atoms. The third-order valence-corrected chi connectivity index (χ3v) is 4.60. The minimum Gasteiger partial charge on any atom is -0.331 e. The smallest absolute Gasteiger partial charge is 0.190 e. The van der Waals surface area contributed by atoms with E-state index in [4.69, 9.17) is 12.2 Å². The van der Waals surface area contributed by atoms with Gasteiger partial charge in [-0.15, -0.1) is 12.4 Å². The summed E-state index contributed by atoms with van der Waals surface area (Å²) in [7, 11) is 0. The molecule has 26 heavy (non-hydrogen) atoms. The first-order valence-electron chi connectivity index (χ1n) is 8.09. The van der Waals surface area contributed by atoms with Gasteiger partial charge in [0, 0.05) is 5.56 Å². The van der Waals surface area contributed by atoms with Crippen molar-refractivity contribution >= 4 is 41.4 Å². The molecule has 3 nitrogen and oxygen atoms in total. The van der Waals surface area contributed by atoms with Crippen LogP contribution in [0.1, 0.15) is 22.0 Å². The fourth-order valence-corrected chi connectivity index (χ4v) is 3.46. The van der Waals surface area contributed by atoms with Crippen molar-refractivity contribution in [2.75, 3.05) is 0 Å². The molecule has 1 N–H and O–H groups in total. The number of aromatic nitrogens is 2. The van der Waals surface area contributed by atoms with Gasteiger partial charge in [-0.25, -0.2) is 0 Å². The molecule has 0 saturated heterocycles. The lowest BCUT2D eigenvalue weighted by molar-refractivity contribution is 0.0947. The van der Waals surface area contributed by atoms with Gasteiger partial charge in [0.1, 0.15) is 6.04 Å². The first-order chi connectivity index (χ1) is 12.3. The highest BCUT2D eigenvalue weighted by Crippen LogP contribution is 2.28. The molecule has 1 aromatic heterocycles. The number of aromatic amines is 1. The number of hydrogen-bond acceptors (Lipinski definition) is 2. The molecule has 3 aromatic carbocycles. The van der Waals surface area contributed by atoms with Gasteiger partial charge in [0.25, 0.3) is 0 Å². The van der Waals surface area contributed by atoms with Gasteiger partial charge in [-0.1, -0.05) is 72.8 Å². The Hall–Kier alpha value is -2.69. The van der Waals surface area contributed by atoms with E-state index in [1.165, 1.54) is 0 Å². The fraction of sp³-hybridized carbons (Fsp3) is 0.0476. The Balaban J connectivity index is 0.00000196. The van der Waals surface area contributed by atoms with Crippen molar-refractivity contribution in [1.29, 1.82) is 0 Å². The van der Waals surface area contributed by atoms with Crippen LogP contribution < -0.4 is 0 Å². The minimum atomic E-state index is -0.507. The van der Waals surface area contributed by atoms with Gasteiger partial charge in [-0.05, 0) is 29.9 Å². The van der Waals surface area contributed by atoms with E-state index in [9.17, 15) is 4.79 Å². The fourth-order valence-electron chi connectivity index (χ4n) is 3.14. The number of ketones is 1. The van der Waals surface area contributed by atoms with Crippen molar-refractivity contribution in [2.45, 2.75) is 6.04 Å². The minimum absolute atomic E-state index is 0. The summed E-state index contributed by atoms with van der Waals surface area (Å²) in [4.78, 5) is 16.6. The topological polar surface area (TPSA) is 37.8 Å². The number of para-hydroxylation sites is 2. The van der Waals surface area contributed by atoms with E-state index in [2.05, 4.69) is 4.98 Å². The van der Waals surface area contributed by atoms with Crippen LogP contribution in [0.25, 0.3) is 11.0 Å². The zero-order valence-corrected chi connectivity index (χ0v) is 15.5. The number of nitrogens with zero attached hydrogens (tertiary/aromatic N) is 1. The van der Waals surface area contributed by atoms with Crippen LogP contribution in [0.15, 0.2) is 84.9 Å². The zero-order valence-electron chi connectivity index (χ0n) is 13.8. The van der Waals surface area contributed by atoms with Gasteiger partial charge in [0.2, 0.25) is 0 Å². The SMILES string of the molecule is Cl.O=C(c1ccccc1)C(c1ccccc1)n1c(=S)[nH]c2ccccc21. The predicted molar refractivity (Wildman–Crippen MR) is 110 cm³/mol. The molecule has 0 amide bonds. The number of Topliss-reactive ketones (excluding diaryl/α,β-unsaturated/α-hetero) is 1. The molecule has 4 aromatic rings. The number of hydrogen-bond donors (Lipinski definition) is 1. The summed E-state index contributed by atoms with van der Waals surface area (Å²) in [6.45, 7) is 0. The van der Waals surface area contributed by atoms with Gasteiger partial charge < -0.3 is 9.55 Å². The van der Waals surface area contributed by atoms with Gasteiger partial charge in [0.15, 0.2) is 10.6 Å². The van der Waals surface area contributed by atoms with Gasteiger partial charge in [-0.3, -0.25) is 4.79 Å². The number of halogens is 1. The average molecular weight is 381 g/mol. The molecule has 0 aliphatic heterocycles. The highest BCUT2D eigenvalue weighted by molar-refractivity contribution is 7.71. The molecule has 1 unspecified atom stereocenters. The summed E-state index contributed by atoms with van der Waals surface area (Å²) in [5.74, 6) is 0.0210. The second-order valence-corrected chi connectivity index (χ2v) is 6.25. The second kappa shape index (κ2) is 7.68. The van der Waals surface area contributed by atoms with E-state index in [1.54, 1.807) is 0 Å². The van der Waals surface area contributed by atoms with Crippen LogP contribution in [0, 0.1) is 4.77 Å². The zero-order chi connectivity index (χ0) is 17.2. The Morgan fingerprint density at radius 2 is 1.42 bits per heavy atom. The van der Waals surface area contributed by atoms with Crippen molar-refractivity contribution in [1.82, 2.24) is 9.55 Å². The molecule has 4 rings (SSSR count). The van der Waals surface area contributed by atoms with Crippen LogP contribution in [0.3, 0.4) is 0 Å². The molecule has 130 valence electrons. The van der Waals surface area contributed by atoms with Crippen molar-refractivity contribution in [3.05, 3.63) is 101 Å². The number of benzene rings is 3. The molecule has 0 aliphatic carbocycles. The quantitative estimate of drug-likeness (QED) is 0.370. The summed E-state index contributed by atoms with van der Waals surface area (Å²) in [5, 5.41) is 0. The number of carbonyl (C=O) groups excluding carboxylic acids is 1. The maximum atomic E-state index is 13.4. The maximum Gasteiger partial charge on any atom is 0.190 e. The van der Waals surface area contributed by atoms with Crippen molar-refractivity contribution < 1.29 is 4.79 Å². The van der Waals surface area contributed by atoms with Crippen LogP contribution in [0.5, 0.6) is 0 Å². The maximum absolute atomic E-state index is 13.4. The molecular formula is C21H17ClN2OS. The van der Waals surface area contributed by atoms with Crippen molar-refractivity contribution in [3.63, 3.8) is 0 Å². The Labute approximate surface area is 162 Å². The lowest BCUT2D eigenvalue weighted by Crippen LogP contribution is -2.21. The Bertz CT molecular complexity index is 1090. The van der Waals surface area contributed by atoms with E-state index >= 15 is 0 Å². The second-order valence-electron chi connectivity index (χ2n) is 5.86. The number of rotatable bonds is 4. The highest BCUT2D eigenvalue weighted by Gasteiger charge is 2.26. The van der Waals surface area contributed by atoms with E-state index in [-0.39, 0.29) is 18.2 Å². The van der Waals surface area contributed by atoms with Crippen molar-refractivity contribution in [3.8, 4) is 0 Å². The first kappa shape index (κ1) is 18.1. The highest BCUT2D eigenvalue weighted by atomic mass is 35.5. The van der Waals surface area contributed by atoms with Gasteiger partial charge >= 0.3 is 0 Å². The van der Waals surface area contributed by atoms with E-state index in [1.807, 2.05) is 89.5 Å². The van der Waals surface area contributed by atoms with Crippen LogP contribution in [0.2, 0.25) is 0 Å². The molecule has 0 radical (unpaired) electrons. The van der Waals surface area contributed by atoms with Crippen LogP contribution in [-0.2, 0) is 0 Å². The molecule has 0 spiro atoms. The molecular weight excluding hydrogens is 364 g/mol. The Kier molecular flexibility index (Phi) is 5.35. The van der Waals surface area contributed by atoms with Gasteiger partial charge in [0.05, 0.1) is 11.0 Å². The largest absolute Gasteiger partial charge is 0.331 e.